The normalized spacial score (nSPS) is 10.1. The number of halogens is 2. The van der Waals surface area contributed by atoms with E-state index < -0.39 is 16.8 Å². The molecule has 0 aliphatic rings. The van der Waals surface area contributed by atoms with Crippen molar-refractivity contribution in [2.24, 2.45) is 0 Å². The van der Waals surface area contributed by atoms with Crippen LogP contribution in [-0.4, -0.2) is 11.0 Å². The Balaban J connectivity index is 2.00. The number of rotatable bonds is 4. The molecule has 8 heteroatoms. The van der Waals surface area contributed by atoms with Gasteiger partial charge in [-0.25, -0.2) is 9.18 Å². The molecular weight excluding hydrogens is 313 g/mol. The Morgan fingerprint density at radius 2 is 2.05 bits per heavy atom. The van der Waals surface area contributed by atoms with Crippen LogP contribution in [0.3, 0.4) is 0 Å². The summed E-state index contributed by atoms with van der Waals surface area (Å²) in [4.78, 5) is 21.9. The van der Waals surface area contributed by atoms with Gasteiger partial charge in [0.25, 0.3) is 5.69 Å². The van der Waals surface area contributed by atoms with E-state index in [1.807, 2.05) is 0 Å². The highest BCUT2D eigenvalue weighted by atomic mass is 35.5. The summed E-state index contributed by atoms with van der Waals surface area (Å²) in [5.41, 5.74) is 0.512. The number of anilines is 1. The quantitative estimate of drug-likeness (QED) is 0.664. The van der Waals surface area contributed by atoms with E-state index >= 15 is 0 Å². The maximum absolute atomic E-state index is 13.0. The van der Waals surface area contributed by atoms with Crippen molar-refractivity contribution in [2.45, 2.75) is 6.54 Å². The Bertz CT molecular complexity index is 724. The van der Waals surface area contributed by atoms with Crippen LogP contribution in [0, 0.1) is 15.9 Å². The lowest BCUT2D eigenvalue weighted by atomic mass is 10.2. The van der Waals surface area contributed by atoms with E-state index in [2.05, 4.69) is 10.6 Å². The molecule has 0 saturated heterocycles. The van der Waals surface area contributed by atoms with Gasteiger partial charge in [0.15, 0.2) is 0 Å². The Labute approximate surface area is 130 Å². The zero-order chi connectivity index (χ0) is 16.1. The number of nitro groups is 1. The molecule has 0 aromatic heterocycles. The van der Waals surface area contributed by atoms with Crippen LogP contribution >= 0.6 is 11.6 Å². The SMILES string of the molecule is O=C(NCc1cccc(F)c1)Nc1cc([N+](=O)[O-])ccc1Cl. The molecule has 114 valence electrons. The summed E-state index contributed by atoms with van der Waals surface area (Å²) < 4.78 is 13.0. The van der Waals surface area contributed by atoms with Gasteiger partial charge in [-0.1, -0.05) is 23.7 Å². The van der Waals surface area contributed by atoms with Gasteiger partial charge in [-0.3, -0.25) is 10.1 Å². The number of hydrogen-bond donors (Lipinski definition) is 2. The average Bonchev–Trinajstić information content (AvgIpc) is 2.47. The second-order valence-electron chi connectivity index (χ2n) is 4.36. The van der Waals surface area contributed by atoms with Crippen LogP contribution in [0.5, 0.6) is 0 Å². The zero-order valence-corrected chi connectivity index (χ0v) is 11.9. The molecule has 0 spiro atoms. The van der Waals surface area contributed by atoms with Gasteiger partial charge in [-0.2, -0.15) is 0 Å². The van der Waals surface area contributed by atoms with Crippen molar-refractivity contribution in [3.05, 3.63) is 69.0 Å². The first-order valence-corrected chi connectivity index (χ1v) is 6.57. The predicted octanol–water partition coefficient (Wildman–Crippen LogP) is 3.71. The lowest BCUT2D eigenvalue weighted by Crippen LogP contribution is -2.28. The maximum Gasteiger partial charge on any atom is 0.319 e. The molecule has 0 aliphatic carbocycles. The lowest BCUT2D eigenvalue weighted by molar-refractivity contribution is -0.384. The summed E-state index contributed by atoms with van der Waals surface area (Å²) in [5.74, 6) is -0.401. The number of nitro benzene ring substituents is 1. The van der Waals surface area contributed by atoms with Crippen LogP contribution < -0.4 is 10.6 Å². The molecule has 0 aliphatic heterocycles. The van der Waals surface area contributed by atoms with E-state index in [1.54, 1.807) is 6.07 Å². The van der Waals surface area contributed by atoms with Crippen molar-refractivity contribution in [3.63, 3.8) is 0 Å². The van der Waals surface area contributed by atoms with E-state index in [4.69, 9.17) is 11.6 Å². The molecule has 2 aromatic carbocycles. The highest BCUT2D eigenvalue weighted by molar-refractivity contribution is 6.33. The third kappa shape index (κ3) is 4.16. The predicted molar refractivity (Wildman–Crippen MR) is 80.4 cm³/mol. The number of non-ortho nitro benzene ring substituents is 1. The first kappa shape index (κ1) is 15.7. The van der Waals surface area contributed by atoms with Crippen LogP contribution in [0.4, 0.5) is 20.6 Å². The molecule has 0 fully saturated rings. The number of amides is 2. The van der Waals surface area contributed by atoms with Crippen LogP contribution in [0.1, 0.15) is 5.56 Å². The second kappa shape index (κ2) is 6.86. The van der Waals surface area contributed by atoms with E-state index in [0.29, 0.717) is 5.56 Å². The molecule has 2 N–H and O–H groups in total. The van der Waals surface area contributed by atoms with Gasteiger partial charge in [-0.05, 0) is 23.8 Å². The highest BCUT2D eigenvalue weighted by Gasteiger charge is 2.12. The Morgan fingerprint density at radius 3 is 2.73 bits per heavy atom. The maximum atomic E-state index is 13.0. The fraction of sp³-hybridized carbons (Fsp3) is 0.0714. The number of carbonyl (C=O) groups is 1. The summed E-state index contributed by atoms with van der Waals surface area (Å²) in [6, 6.07) is 8.88. The summed E-state index contributed by atoms with van der Waals surface area (Å²) in [7, 11) is 0. The van der Waals surface area contributed by atoms with Gasteiger partial charge in [0.1, 0.15) is 5.82 Å². The molecule has 22 heavy (non-hydrogen) atoms. The smallest absolute Gasteiger partial charge is 0.319 e. The molecule has 6 nitrogen and oxygen atoms in total. The minimum absolute atomic E-state index is 0.107. The van der Waals surface area contributed by atoms with Crippen molar-refractivity contribution >= 4 is 29.0 Å². The van der Waals surface area contributed by atoms with Crippen LogP contribution in [-0.2, 0) is 6.54 Å². The van der Waals surface area contributed by atoms with Crippen LogP contribution in [0.25, 0.3) is 0 Å². The van der Waals surface area contributed by atoms with Crippen molar-refractivity contribution in [1.82, 2.24) is 5.32 Å². The first-order chi connectivity index (χ1) is 10.5. The van der Waals surface area contributed by atoms with Gasteiger partial charge in [0.2, 0.25) is 0 Å². The standard InChI is InChI=1S/C14H11ClFN3O3/c15-12-5-4-11(19(21)22)7-13(12)18-14(20)17-8-9-2-1-3-10(16)6-9/h1-7H,8H2,(H2,17,18,20). The van der Waals surface area contributed by atoms with E-state index in [1.165, 1.54) is 30.3 Å². The van der Waals surface area contributed by atoms with Crippen molar-refractivity contribution < 1.29 is 14.1 Å². The minimum Gasteiger partial charge on any atom is -0.334 e. The minimum atomic E-state index is -0.605. The van der Waals surface area contributed by atoms with Gasteiger partial charge >= 0.3 is 6.03 Å². The van der Waals surface area contributed by atoms with Gasteiger partial charge in [0.05, 0.1) is 15.6 Å². The van der Waals surface area contributed by atoms with Gasteiger partial charge in [-0.15, -0.1) is 0 Å². The molecule has 2 rings (SSSR count). The fourth-order valence-electron chi connectivity index (χ4n) is 1.72. The monoisotopic (exact) mass is 323 g/mol. The number of nitrogens with zero attached hydrogens (tertiary/aromatic N) is 1. The third-order valence-corrected chi connectivity index (χ3v) is 3.08. The summed E-state index contributed by atoms with van der Waals surface area (Å²) in [6.07, 6.45) is 0. The molecule has 2 aromatic rings. The molecular formula is C14H11ClFN3O3. The fourth-order valence-corrected chi connectivity index (χ4v) is 1.88. The summed E-state index contributed by atoms with van der Waals surface area (Å²) in [5, 5.41) is 15.8. The van der Waals surface area contributed by atoms with Gasteiger partial charge in [0, 0.05) is 18.7 Å². The second-order valence-corrected chi connectivity index (χ2v) is 4.77. The van der Waals surface area contributed by atoms with Crippen LogP contribution in [0.15, 0.2) is 42.5 Å². The van der Waals surface area contributed by atoms with E-state index in [-0.39, 0.29) is 22.9 Å². The molecule has 0 bridgehead atoms. The number of carbonyl (C=O) groups excluding carboxylic acids is 1. The van der Waals surface area contributed by atoms with Crippen molar-refractivity contribution in [2.75, 3.05) is 5.32 Å². The van der Waals surface area contributed by atoms with Gasteiger partial charge < -0.3 is 10.6 Å². The molecule has 0 saturated carbocycles. The molecule has 0 atom stereocenters. The molecule has 0 unspecified atom stereocenters. The largest absolute Gasteiger partial charge is 0.334 e. The summed E-state index contributed by atoms with van der Waals surface area (Å²) >= 11 is 5.87. The highest BCUT2D eigenvalue weighted by Crippen LogP contribution is 2.26. The van der Waals surface area contributed by atoms with Crippen molar-refractivity contribution in [3.8, 4) is 0 Å². The van der Waals surface area contributed by atoms with Crippen molar-refractivity contribution in [1.29, 1.82) is 0 Å². The Kier molecular flexibility index (Phi) is 4.90. The summed E-state index contributed by atoms with van der Waals surface area (Å²) in [6.45, 7) is 0.107. The number of benzene rings is 2. The lowest BCUT2D eigenvalue weighted by Gasteiger charge is -2.09. The van der Waals surface area contributed by atoms with E-state index in [9.17, 15) is 19.3 Å². The zero-order valence-electron chi connectivity index (χ0n) is 11.2. The number of urea groups is 1. The van der Waals surface area contributed by atoms with E-state index in [0.717, 1.165) is 6.07 Å². The molecule has 0 heterocycles. The average molecular weight is 324 g/mol. The van der Waals surface area contributed by atoms with Crippen LogP contribution in [0.2, 0.25) is 5.02 Å². The number of nitrogens with one attached hydrogen (secondary N) is 2. The molecule has 2 amide bonds. The molecule has 0 radical (unpaired) electrons. The Morgan fingerprint density at radius 1 is 1.27 bits per heavy atom. The Hall–Kier alpha value is -2.67. The first-order valence-electron chi connectivity index (χ1n) is 6.19. The number of hydrogen-bond acceptors (Lipinski definition) is 3. The topological polar surface area (TPSA) is 84.3 Å². The third-order valence-electron chi connectivity index (χ3n) is 2.75.